The van der Waals surface area contributed by atoms with Crippen LogP contribution in [0.3, 0.4) is 0 Å². The number of piperazine rings is 1. The van der Waals surface area contributed by atoms with Crippen molar-refractivity contribution in [1.29, 1.82) is 0 Å². The molecule has 1 aliphatic carbocycles. The molecular weight excluding hydrogens is 414 g/mol. The van der Waals surface area contributed by atoms with Gasteiger partial charge in [-0.1, -0.05) is 36.2 Å². The summed E-state index contributed by atoms with van der Waals surface area (Å²) in [6, 6.07) is 1.84. The minimum atomic E-state index is -0.255. The molecular formula is C19H28ClN5O3S. The van der Waals surface area contributed by atoms with Gasteiger partial charge in [0.1, 0.15) is 11.0 Å². The summed E-state index contributed by atoms with van der Waals surface area (Å²) in [6.07, 6.45) is 4.36. The van der Waals surface area contributed by atoms with Gasteiger partial charge in [0.15, 0.2) is 5.16 Å². The number of aromatic nitrogens is 2. The summed E-state index contributed by atoms with van der Waals surface area (Å²) in [5.74, 6) is 1.10. The van der Waals surface area contributed by atoms with Crippen molar-refractivity contribution in [3.05, 3.63) is 11.2 Å². The zero-order valence-corrected chi connectivity index (χ0v) is 18.5. The number of halogens is 1. The molecule has 1 unspecified atom stereocenters. The molecule has 1 aliphatic heterocycles. The summed E-state index contributed by atoms with van der Waals surface area (Å²) in [7, 11) is 0. The first kappa shape index (κ1) is 22.1. The second-order valence-corrected chi connectivity index (χ2v) is 8.72. The average molecular weight is 442 g/mol. The standard InChI is InChI=1S/C19H28ClN5O3S/c1-3-28-23-17(26)12-29-19-21-15(20)10-16(22-19)24-8-9-25(13(2)11-24)18(27)14-6-4-5-7-14/h10,13-14H,3-9,11-12H2,1-2H3,(H,23,26). The van der Waals surface area contributed by atoms with E-state index in [1.165, 1.54) is 11.8 Å². The fraction of sp³-hybridized carbons (Fsp3) is 0.684. The second kappa shape index (κ2) is 10.4. The van der Waals surface area contributed by atoms with Gasteiger partial charge < -0.3 is 9.80 Å². The molecule has 0 aromatic carbocycles. The molecule has 1 saturated carbocycles. The number of nitrogens with zero attached hydrogens (tertiary/aromatic N) is 4. The first-order valence-corrected chi connectivity index (χ1v) is 11.5. The molecule has 1 aromatic heterocycles. The topological polar surface area (TPSA) is 87.7 Å². The van der Waals surface area contributed by atoms with Gasteiger partial charge in [-0.25, -0.2) is 15.4 Å². The smallest absolute Gasteiger partial charge is 0.254 e. The van der Waals surface area contributed by atoms with Crippen LogP contribution < -0.4 is 10.4 Å². The zero-order valence-electron chi connectivity index (χ0n) is 16.9. The second-order valence-electron chi connectivity index (χ2n) is 7.39. The number of thioether (sulfide) groups is 1. The quantitative estimate of drug-likeness (QED) is 0.301. The SMILES string of the molecule is CCONC(=O)CSc1nc(Cl)cc(N2CCN(C(=O)C3CCCC3)C(C)C2)n1. The van der Waals surface area contributed by atoms with Crippen LogP contribution in [0, 0.1) is 5.92 Å². The minimum Gasteiger partial charge on any atom is -0.353 e. The fourth-order valence-electron chi connectivity index (χ4n) is 3.82. The van der Waals surface area contributed by atoms with Crippen LogP contribution in [-0.2, 0) is 14.4 Å². The lowest BCUT2D eigenvalue weighted by molar-refractivity contribution is -0.137. The summed E-state index contributed by atoms with van der Waals surface area (Å²) in [5, 5.41) is 0.774. The van der Waals surface area contributed by atoms with Crippen molar-refractivity contribution in [1.82, 2.24) is 20.3 Å². The van der Waals surface area contributed by atoms with E-state index in [4.69, 9.17) is 16.4 Å². The van der Waals surface area contributed by atoms with E-state index in [0.717, 1.165) is 31.5 Å². The maximum Gasteiger partial charge on any atom is 0.254 e. The van der Waals surface area contributed by atoms with Crippen molar-refractivity contribution < 1.29 is 14.4 Å². The number of anilines is 1. The van der Waals surface area contributed by atoms with E-state index in [-0.39, 0.29) is 23.6 Å². The molecule has 2 aliphatic rings. The minimum absolute atomic E-state index is 0.110. The van der Waals surface area contributed by atoms with Gasteiger partial charge in [0.25, 0.3) is 5.91 Å². The highest BCUT2D eigenvalue weighted by molar-refractivity contribution is 7.99. The van der Waals surface area contributed by atoms with Gasteiger partial charge in [-0.3, -0.25) is 14.4 Å². The number of hydrogen-bond acceptors (Lipinski definition) is 7. The molecule has 1 saturated heterocycles. The maximum absolute atomic E-state index is 12.8. The van der Waals surface area contributed by atoms with E-state index in [0.29, 0.717) is 42.5 Å². The van der Waals surface area contributed by atoms with Crippen molar-refractivity contribution in [3.8, 4) is 0 Å². The van der Waals surface area contributed by atoms with Crippen molar-refractivity contribution in [2.75, 3.05) is 36.9 Å². The number of carbonyl (C=O) groups is 2. The molecule has 2 heterocycles. The molecule has 0 radical (unpaired) electrons. The van der Waals surface area contributed by atoms with Crippen molar-refractivity contribution in [2.45, 2.75) is 50.7 Å². The highest BCUT2D eigenvalue weighted by Gasteiger charge is 2.33. The molecule has 10 heteroatoms. The van der Waals surface area contributed by atoms with Crippen LogP contribution >= 0.6 is 23.4 Å². The van der Waals surface area contributed by atoms with Gasteiger partial charge in [0, 0.05) is 37.7 Å². The Morgan fingerprint density at radius 2 is 2.07 bits per heavy atom. The molecule has 2 amide bonds. The van der Waals surface area contributed by atoms with Crippen LogP contribution in [0.2, 0.25) is 5.15 Å². The third kappa shape index (κ3) is 5.96. The largest absolute Gasteiger partial charge is 0.353 e. The highest BCUT2D eigenvalue weighted by atomic mass is 35.5. The first-order chi connectivity index (χ1) is 14.0. The van der Waals surface area contributed by atoms with Gasteiger partial charge >= 0.3 is 0 Å². The van der Waals surface area contributed by atoms with E-state index in [1.54, 1.807) is 13.0 Å². The Hall–Kier alpha value is -1.58. The van der Waals surface area contributed by atoms with E-state index in [9.17, 15) is 9.59 Å². The summed E-state index contributed by atoms with van der Waals surface area (Å²) < 4.78 is 0. The molecule has 160 valence electrons. The van der Waals surface area contributed by atoms with Gasteiger partial charge in [-0.15, -0.1) is 0 Å². The van der Waals surface area contributed by atoms with Crippen molar-refractivity contribution in [2.24, 2.45) is 5.92 Å². The Morgan fingerprint density at radius 1 is 1.31 bits per heavy atom. The average Bonchev–Trinajstić information content (AvgIpc) is 3.24. The normalized spacial score (nSPS) is 20.2. The van der Waals surface area contributed by atoms with Gasteiger partial charge in [0.2, 0.25) is 5.91 Å². The van der Waals surface area contributed by atoms with Crippen LogP contribution in [0.4, 0.5) is 5.82 Å². The summed E-state index contributed by atoms with van der Waals surface area (Å²) >= 11 is 7.39. The molecule has 1 aromatic rings. The van der Waals surface area contributed by atoms with E-state index >= 15 is 0 Å². The summed E-state index contributed by atoms with van der Waals surface area (Å²) in [4.78, 5) is 42.3. The molecule has 29 heavy (non-hydrogen) atoms. The maximum atomic E-state index is 12.8. The van der Waals surface area contributed by atoms with E-state index in [1.807, 2.05) is 4.90 Å². The number of carbonyl (C=O) groups excluding carboxylic acids is 2. The number of hydroxylamine groups is 1. The number of rotatable bonds is 7. The van der Waals surface area contributed by atoms with Crippen LogP contribution in [0.1, 0.15) is 39.5 Å². The third-order valence-electron chi connectivity index (χ3n) is 5.26. The summed E-state index contributed by atoms with van der Waals surface area (Å²) in [6.45, 7) is 6.35. The number of amides is 2. The molecule has 8 nitrogen and oxygen atoms in total. The summed E-state index contributed by atoms with van der Waals surface area (Å²) in [5.41, 5.74) is 2.34. The van der Waals surface area contributed by atoms with Gasteiger partial charge in [0.05, 0.1) is 12.4 Å². The lowest BCUT2D eigenvalue weighted by Gasteiger charge is -2.41. The lowest BCUT2D eigenvalue weighted by atomic mass is 10.0. The Balaban J connectivity index is 1.60. The molecule has 0 bridgehead atoms. The van der Waals surface area contributed by atoms with Gasteiger partial charge in [-0.05, 0) is 26.7 Å². The van der Waals surface area contributed by atoms with Crippen LogP contribution in [0.5, 0.6) is 0 Å². The third-order valence-corrected chi connectivity index (χ3v) is 6.30. The van der Waals surface area contributed by atoms with E-state index in [2.05, 4.69) is 27.3 Å². The molecule has 0 spiro atoms. The van der Waals surface area contributed by atoms with Gasteiger partial charge in [-0.2, -0.15) is 0 Å². The molecule has 2 fully saturated rings. The number of nitrogens with one attached hydrogen (secondary N) is 1. The van der Waals surface area contributed by atoms with E-state index < -0.39 is 0 Å². The Bertz CT molecular complexity index is 732. The predicted molar refractivity (Wildman–Crippen MR) is 113 cm³/mol. The molecule has 3 rings (SSSR count). The Kier molecular flexibility index (Phi) is 7.97. The zero-order chi connectivity index (χ0) is 20.8. The lowest BCUT2D eigenvalue weighted by Crippen LogP contribution is -2.55. The monoisotopic (exact) mass is 441 g/mol. The van der Waals surface area contributed by atoms with Crippen LogP contribution in [0.15, 0.2) is 11.2 Å². The Morgan fingerprint density at radius 3 is 2.76 bits per heavy atom. The highest BCUT2D eigenvalue weighted by Crippen LogP contribution is 2.29. The molecule has 1 N–H and O–H groups in total. The molecule has 1 atom stereocenters. The van der Waals surface area contributed by atoms with Crippen LogP contribution in [-0.4, -0.2) is 64.7 Å². The first-order valence-electron chi connectivity index (χ1n) is 10.1. The Labute approximate surface area is 180 Å². The van der Waals surface area contributed by atoms with Crippen molar-refractivity contribution in [3.63, 3.8) is 0 Å². The predicted octanol–water partition coefficient (Wildman–Crippen LogP) is 2.52. The van der Waals surface area contributed by atoms with Crippen molar-refractivity contribution >= 4 is 41.0 Å². The number of hydrogen-bond donors (Lipinski definition) is 1. The fourth-order valence-corrected chi connectivity index (χ4v) is 4.69. The van der Waals surface area contributed by atoms with Crippen LogP contribution in [0.25, 0.3) is 0 Å².